The van der Waals surface area contributed by atoms with E-state index in [1.54, 1.807) is 19.2 Å². The van der Waals surface area contributed by atoms with Gasteiger partial charge >= 0.3 is 0 Å². The molecule has 7 heteroatoms. The maximum atomic E-state index is 12.5. The van der Waals surface area contributed by atoms with Gasteiger partial charge in [-0.05, 0) is 48.7 Å². The van der Waals surface area contributed by atoms with Crippen molar-refractivity contribution in [1.29, 1.82) is 0 Å². The van der Waals surface area contributed by atoms with Crippen LogP contribution in [0.15, 0.2) is 42.5 Å². The predicted octanol–water partition coefficient (Wildman–Crippen LogP) is 1.74. The number of quaternary nitrogens is 1. The molecule has 0 aromatic heterocycles. The van der Waals surface area contributed by atoms with E-state index in [-0.39, 0.29) is 24.9 Å². The standard InChI is InChI=1S/C22H28ClN3O3/c1-16-5-4-6-20(17(16)2)25-22(28)15-26(11-12-29-3)14-21(27)24-13-18-7-9-19(23)10-8-18/h4-10H,11-15H2,1-3H3,(H,24,27)(H,25,28)/p+1. The number of hydrogen-bond acceptors (Lipinski definition) is 3. The molecule has 1 atom stereocenters. The average molecular weight is 419 g/mol. The van der Waals surface area contributed by atoms with Crippen LogP contribution in [-0.4, -0.2) is 45.2 Å². The molecule has 0 spiro atoms. The lowest BCUT2D eigenvalue weighted by Gasteiger charge is -2.19. The van der Waals surface area contributed by atoms with E-state index in [4.69, 9.17) is 16.3 Å². The summed E-state index contributed by atoms with van der Waals surface area (Å²) in [4.78, 5) is 25.7. The molecule has 0 heterocycles. The summed E-state index contributed by atoms with van der Waals surface area (Å²) in [6.07, 6.45) is 0. The van der Waals surface area contributed by atoms with Crippen molar-refractivity contribution >= 4 is 29.1 Å². The molecule has 0 aliphatic heterocycles. The highest BCUT2D eigenvalue weighted by molar-refractivity contribution is 6.30. The normalized spacial score (nSPS) is 11.7. The first-order chi connectivity index (χ1) is 13.9. The lowest BCUT2D eigenvalue weighted by atomic mass is 10.1. The molecule has 156 valence electrons. The number of rotatable bonds is 10. The lowest BCUT2D eigenvalue weighted by molar-refractivity contribution is -0.884. The molecule has 6 nitrogen and oxygen atoms in total. The van der Waals surface area contributed by atoms with Gasteiger partial charge in [0.05, 0.1) is 6.61 Å². The molecule has 2 rings (SSSR count). The monoisotopic (exact) mass is 418 g/mol. The van der Waals surface area contributed by atoms with E-state index in [1.165, 1.54) is 0 Å². The summed E-state index contributed by atoms with van der Waals surface area (Å²) in [6, 6.07) is 13.1. The Morgan fingerprint density at radius 2 is 1.72 bits per heavy atom. The number of nitrogens with one attached hydrogen (secondary N) is 3. The molecule has 0 aliphatic carbocycles. The van der Waals surface area contributed by atoms with Crippen LogP contribution in [0.1, 0.15) is 16.7 Å². The second kappa shape index (κ2) is 11.6. The van der Waals surface area contributed by atoms with Gasteiger partial charge in [0.1, 0.15) is 6.54 Å². The zero-order chi connectivity index (χ0) is 21.2. The Balaban J connectivity index is 1.89. The highest BCUT2D eigenvalue weighted by atomic mass is 35.5. The lowest BCUT2D eigenvalue weighted by Crippen LogP contribution is -3.14. The van der Waals surface area contributed by atoms with Crippen LogP contribution >= 0.6 is 11.6 Å². The van der Waals surface area contributed by atoms with Crippen LogP contribution in [0.5, 0.6) is 0 Å². The van der Waals surface area contributed by atoms with E-state index in [2.05, 4.69) is 10.6 Å². The Morgan fingerprint density at radius 1 is 1.03 bits per heavy atom. The Morgan fingerprint density at radius 3 is 2.41 bits per heavy atom. The number of benzene rings is 2. The van der Waals surface area contributed by atoms with E-state index >= 15 is 0 Å². The minimum Gasteiger partial charge on any atom is -0.379 e. The molecular formula is C22H29ClN3O3+. The third-order valence-corrected chi connectivity index (χ3v) is 5.01. The molecule has 2 aromatic rings. The van der Waals surface area contributed by atoms with E-state index < -0.39 is 0 Å². The van der Waals surface area contributed by atoms with E-state index in [1.807, 2.05) is 44.2 Å². The summed E-state index contributed by atoms with van der Waals surface area (Å²) in [5.41, 5.74) is 3.93. The van der Waals surface area contributed by atoms with Crippen LogP contribution in [0.4, 0.5) is 5.69 Å². The first-order valence-electron chi connectivity index (χ1n) is 9.58. The Bertz CT molecular complexity index is 825. The van der Waals surface area contributed by atoms with Crippen molar-refractivity contribution in [2.45, 2.75) is 20.4 Å². The number of amides is 2. The van der Waals surface area contributed by atoms with Gasteiger partial charge in [0.15, 0.2) is 13.1 Å². The molecule has 1 unspecified atom stereocenters. The molecule has 2 amide bonds. The number of halogens is 1. The third kappa shape index (κ3) is 7.85. The zero-order valence-electron chi connectivity index (χ0n) is 17.2. The average Bonchev–Trinajstić information content (AvgIpc) is 2.69. The molecule has 0 bridgehead atoms. The van der Waals surface area contributed by atoms with Crippen LogP contribution in [-0.2, 0) is 20.9 Å². The van der Waals surface area contributed by atoms with Crippen LogP contribution < -0.4 is 15.5 Å². The van der Waals surface area contributed by atoms with Gasteiger partial charge in [-0.2, -0.15) is 0 Å². The van der Waals surface area contributed by atoms with Crippen molar-refractivity contribution < 1.29 is 19.2 Å². The highest BCUT2D eigenvalue weighted by Crippen LogP contribution is 2.17. The molecule has 0 radical (unpaired) electrons. The third-order valence-electron chi connectivity index (χ3n) is 4.76. The van der Waals surface area contributed by atoms with Gasteiger partial charge in [-0.1, -0.05) is 35.9 Å². The quantitative estimate of drug-likeness (QED) is 0.550. The fraction of sp³-hybridized carbons (Fsp3) is 0.364. The van der Waals surface area contributed by atoms with Gasteiger partial charge in [0.25, 0.3) is 11.8 Å². The minimum absolute atomic E-state index is 0.120. The molecule has 29 heavy (non-hydrogen) atoms. The smallest absolute Gasteiger partial charge is 0.279 e. The van der Waals surface area contributed by atoms with Crippen molar-refractivity contribution in [1.82, 2.24) is 5.32 Å². The van der Waals surface area contributed by atoms with E-state index in [0.29, 0.717) is 24.7 Å². The van der Waals surface area contributed by atoms with Crippen molar-refractivity contribution in [2.75, 3.05) is 38.7 Å². The summed E-state index contributed by atoms with van der Waals surface area (Å²) < 4.78 is 5.13. The SMILES string of the molecule is COCC[NH+](CC(=O)NCc1ccc(Cl)cc1)CC(=O)Nc1cccc(C)c1C. The maximum Gasteiger partial charge on any atom is 0.279 e. The summed E-state index contributed by atoms with van der Waals surface area (Å²) in [5.74, 6) is -0.249. The number of aryl methyl sites for hydroxylation is 1. The number of anilines is 1. The van der Waals surface area contributed by atoms with Crippen molar-refractivity contribution in [2.24, 2.45) is 0 Å². The fourth-order valence-corrected chi connectivity index (χ4v) is 3.01. The molecule has 3 N–H and O–H groups in total. The molecule has 0 fully saturated rings. The van der Waals surface area contributed by atoms with Crippen LogP contribution in [0.25, 0.3) is 0 Å². The largest absolute Gasteiger partial charge is 0.379 e. The molecule has 0 saturated carbocycles. The Hall–Kier alpha value is -2.41. The van der Waals surface area contributed by atoms with Crippen LogP contribution in [0.3, 0.4) is 0 Å². The van der Waals surface area contributed by atoms with Gasteiger partial charge in [-0.25, -0.2) is 0 Å². The van der Waals surface area contributed by atoms with Gasteiger partial charge in [0.2, 0.25) is 0 Å². The van der Waals surface area contributed by atoms with Crippen LogP contribution in [0, 0.1) is 13.8 Å². The molecular weight excluding hydrogens is 390 g/mol. The highest BCUT2D eigenvalue weighted by Gasteiger charge is 2.18. The maximum absolute atomic E-state index is 12.5. The Kier molecular flexibility index (Phi) is 9.12. The Labute approximate surface area is 177 Å². The number of carbonyl (C=O) groups is 2. The topological polar surface area (TPSA) is 71.9 Å². The van der Waals surface area contributed by atoms with E-state index in [0.717, 1.165) is 27.3 Å². The fourth-order valence-electron chi connectivity index (χ4n) is 2.89. The second-order valence-corrected chi connectivity index (χ2v) is 7.48. The van der Waals surface area contributed by atoms with Gasteiger partial charge in [-0.15, -0.1) is 0 Å². The van der Waals surface area contributed by atoms with Crippen molar-refractivity contribution in [3.8, 4) is 0 Å². The summed E-state index contributed by atoms with van der Waals surface area (Å²) >= 11 is 5.88. The number of methoxy groups -OCH3 is 1. The first-order valence-corrected chi connectivity index (χ1v) is 9.96. The number of carbonyl (C=O) groups excluding carboxylic acids is 2. The van der Waals surface area contributed by atoms with Gasteiger partial charge in [0, 0.05) is 24.4 Å². The van der Waals surface area contributed by atoms with Crippen LogP contribution in [0.2, 0.25) is 5.02 Å². The summed E-state index contributed by atoms with van der Waals surface area (Å²) in [6.45, 7) is 5.81. The first kappa shape index (κ1) is 22.9. The molecule has 0 saturated heterocycles. The van der Waals surface area contributed by atoms with Crippen molar-refractivity contribution in [3.05, 3.63) is 64.2 Å². The predicted molar refractivity (Wildman–Crippen MR) is 115 cm³/mol. The number of hydrogen-bond donors (Lipinski definition) is 3. The van der Waals surface area contributed by atoms with E-state index in [9.17, 15) is 9.59 Å². The number of ether oxygens (including phenoxy) is 1. The molecule has 2 aromatic carbocycles. The minimum atomic E-state index is -0.129. The van der Waals surface area contributed by atoms with Gasteiger partial charge < -0.3 is 20.3 Å². The molecule has 0 aliphatic rings. The van der Waals surface area contributed by atoms with Gasteiger partial charge in [-0.3, -0.25) is 9.59 Å². The second-order valence-electron chi connectivity index (χ2n) is 7.05. The van der Waals surface area contributed by atoms with Crippen molar-refractivity contribution in [3.63, 3.8) is 0 Å². The summed E-state index contributed by atoms with van der Waals surface area (Å²) in [7, 11) is 1.61. The summed E-state index contributed by atoms with van der Waals surface area (Å²) in [5, 5.41) is 6.50. The zero-order valence-corrected chi connectivity index (χ0v) is 17.9.